The van der Waals surface area contributed by atoms with E-state index in [2.05, 4.69) is 4.98 Å². The number of allylic oxidation sites excluding steroid dienone is 1. The Morgan fingerprint density at radius 1 is 1.32 bits per heavy atom. The van der Waals surface area contributed by atoms with Crippen molar-refractivity contribution >= 4 is 35.6 Å². The first kappa shape index (κ1) is 18.3. The summed E-state index contributed by atoms with van der Waals surface area (Å²) < 4.78 is 11.6. The SMILES string of the molecule is COC1(C2SCCCS2)C=CC(OC(=O)/C=C/c2ccncc2)=CC1. The fraction of sp³-hybridized carbons (Fsp3) is 0.368. The Hall–Kier alpha value is -1.50. The minimum atomic E-state index is -0.390. The van der Waals surface area contributed by atoms with E-state index in [0.29, 0.717) is 16.8 Å². The van der Waals surface area contributed by atoms with Gasteiger partial charge in [-0.25, -0.2) is 4.79 Å². The highest BCUT2D eigenvalue weighted by Gasteiger charge is 2.39. The topological polar surface area (TPSA) is 48.4 Å². The summed E-state index contributed by atoms with van der Waals surface area (Å²) in [4.78, 5) is 15.9. The Morgan fingerprint density at radius 3 is 2.72 bits per heavy atom. The van der Waals surface area contributed by atoms with E-state index in [1.54, 1.807) is 25.6 Å². The molecule has 1 unspecified atom stereocenters. The normalized spacial score (nSPS) is 24.3. The van der Waals surface area contributed by atoms with Crippen LogP contribution in [0.4, 0.5) is 0 Å². The van der Waals surface area contributed by atoms with E-state index in [9.17, 15) is 4.79 Å². The Bertz CT molecular complexity index is 681. The molecule has 0 aromatic carbocycles. The van der Waals surface area contributed by atoms with Crippen molar-refractivity contribution in [3.8, 4) is 0 Å². The van der Waals surface area contributed by atoms with Gasteiger partial charge in [0.2, 0.25) is 0 Å². The summed E-state index contributed by atoms with van der Waals surface area (Å²) in [6, 6.07) is 3.66. The van der Waals surface area contributed by atoms with E-state index in [0.717, 1.165) is 5.56 Å². The summed E-state index contributed by atoms with van der Waals surface area (Å²) in [5, 5.41) is 0. The molecule has 0 spiro atoms. The van der Waals surface area contributed by atoms with Crippen LogP contribution >= 0.6 is 23.5 Å². The first-order chi connectivity index (χ1) is 12.2. The third-order valence-electron chi connectivity index (χ3n) is 4.09. The Kier molecular flexibility index (Phi) is 6.39. The Morgan fingerprint density at radius 2 is 2.08 bits per heavy atom. The molecule has 1 atom stereocenters. The molecule has 3 rings (SSSR count). The average molecular weight is 376 g/mol. The van der Waals surface area contributed by atoms with Crippen molar-refractivity contribution in [1.82, 2.24) is 4.98 Å². The third kappa shape index (κ3) is 4.77. The molecule has 1 aliphatic carbocycles. The average Bonchev–Trinajstić information content (AvgIpc) is 2.69. The maximum atomic E-state index is 12.0. The van der Waals surface area contributed by atoms with E-state index >= 15 is 0 Å². The quantitative estimate of drug-likeness (QED) is 0.571. The number of ether oxygens (including phenoxy) is 2. The lowest BCUT2D eigenvalue weighted by molar-refractivity contribution is -0.133. The predicted octanol–water partition coefficient (Wildman–Crippen LogP) is 4.06. The number of hydrogen-bond acceptors (Lipinski definition) is 6. The standard InChI is InChI=1S/C19H21NO3S2/c1-22-19(18-24-13-2-14-25-18)9-5-16(6-10-19)23-17(21)4-3-15-7-11-20-12-8-15/h3-9,11-12,18H,2,10,13-14H2,1H3/b4-3+. The van der Waals surface area contributed by atoms with Crippen LogP contribution < -0.4 is 0 Å². The van der Waals surface area contributed by atoms with Crippen LogP contribution in [0.25, 0.3) is 6.08 Å². The summed E-state index contributed by atoms with van der Waals surface area (Å²) in [7, 11) is 1.75. The van der Waals surface area contributed by atoms with Crippen LogP contribution in [0, 0.1) is 0 Å². The fourth-order valence-corrected chi connectivity index (χ4v) is 5.98. The van der Waals surface area contributed by atoms with Gasteiger partial charge in [-0.1, -0.05) is 0 Å². The molecule has 2 aliphatic rings. The van der Waals surface area contributed by atoms with Crippen LogP contribution in [0.2, 0.25) is 0 Å². The summed E-state index contributed by atoms with van der Waals surface area (Å²) in [5.74, 6) is 2.52. The van der Waals surface area contributed by atoms with Crippen molar-refractivity contribution in [1.29, 1.82) is 0 Å². The van der Waals surface area contributed by atoms with Gasteiger partial charge in [-0.15, -0.1) is 23.5 Å². The zero-order valence-corrected chi connectivity index (χ0v) is 15.7. The maximum Gasteiger partial charge on any atom is 0.336 e. The predicted molar refractivity (Wildman–Crippen MR) is 104 cm³/mol. The molecule has 1 saturated heterocycles. The number of thioether (sulfide) groups is 2. The second-order valence-corrected chi connectivity index (χ2v) is 8.49. The highest BCUT2D eigenvalue weighted by atomic mass is 32.2. The molecule has 25 heavy (non-hydrogen) atoms. The molecule has 6 heteroatoms. The van der Waals surface area contributed by atoms with Crippen LogP contribution in [0.3, 0.4) is 0 Å². The molecule has 132 valence electrons. The van der Waals surface area contributed by atoms with Crippen molar-refractivity contribution in [3.05, 3.63) is 60.2 Å². The number of aromatic nitrogens is 1. The van der Waals surface area contributed by atoms with Crippen LogP contribution in [0.15, 0.2) is 54.6 Å². The maximum absolute atomic E-state index is 12.0. The van der Waals surface area contributed by atoms with Crippen molar-refractivity contribution in [2.45, 2.75) is 23.0 Å². The number of carbonyl (C=O) groups excluding carboxylic acids is 1. The van der Waals surface area contributed by atoms with Gasteiger partial charge < -0.3 is 9.47 Å². The second-order valence-electron chi connectivity index (χ2n) is 5.77. The zero-order chi connectivity index (χ0) is 17.5. The van der Waals surface area contributed by atoms with E-state index < -0.39 is 0 Å². The summed E-state index contributed by atoms with van der Waals surface area (Å²) in [6.07, 6.45) is 14.3. The second kappa shape index (κ2) is 8.74. The molecule has 1 aromatic heterocycles. The van der Waals surface area contributed by atoms with Gasteiger partial charge in [0.1, 0.15) is 11.4 Å². The molecule has 0 N–H and O–H groups in total. The number of esters is 1. The lowest BCUT2D eigenvalue weighted by Gasteiger charge is -2.39. The molecular weight excluding hydrogens is 354 g/mol. The summed E-state index contributed by atoms with van der Waals surface area (Å²) in [6.45, 7) is 0. The number of carbonyl (C=O) groups is 1. The summed E-state index contributed by atoms with van der Waals surface area (Å²) >= 11 is 3.89. The van der Waals surface area contributed by atoms with Crippen LogP contribution in [0.1, 0.15) is 18.4 Å². The van der Waals surface area contributed by atoms with Crippen molar-refractivity contribution in [3.63, 3.8) is 0 Å². The smallest absolute Gasteiger partial charge is 0.336 e. The molecule has 2 heterocycles. The number of methoxy groups -OCH3 is 1. The molecule has 0 radical (unpaired) electrons. The Labute approximate surface area is 156 Å². The molecule has 1 aromatic rings. The van der Waals surface area contributed by atoms with Gasteiger partial charge in [-0.05, 0) is 59.9 Å². The van der Waals surface area contributed by atoms with Crippen molar-refractivity contribution < 1.29 is 14.3 Å². The minimum absolute atomic E-state index is 0.321. The van der Waals surface area contributed by atoms with E-state index in [-0.39, 0.29) is 11.6 Å². The number of hydrogen-bond donors (Lipinski definition) is 0. The first-order valence-corrected chi connectivity index (χ1v) is 10.3. The largest absolute Gasteiger partial charge is 0.424 e. The van der Waals surface area contributed by atoms with Crippen molar-refractivity contribution in [2.24, 2.45) is 0 Å². The van der Waals surface area contributed by atoms with Crippen LogP contribution in [-0.4, -0.2) is 39.8 Å². The lowest BCUT2D eigenvalue weighted by atomic mass is 9.96. The van der Waals surface area contributed by atoms with Gasteiger partial charge in [-0.3, -0.25) is 4.98 Å². The molecule has 0 bridgehead atoms. The molecule has 1 aliphatic heterocycles. The van der Waals surface area contributed by atoms with Crippen LogP contribution in [-0.2, 0) is 14.3 Å². The van der Waals surface area contributed by atoms with Crippen molar-refractivity contribution in [2.75, 3.05) is 18.6 Å². The number of rotatable bonds is 5. The highest BCUT2D eigenvalue weighted by Crippen LogP contribution is 2.44. The van der Waals surface area contributed by atoms with Crippen LogP contribution in [0.5, 0.6) is 0 Å². The van der Waals surface area contributed by atoms with Gasteiger partial charge in [-0.2, -0.15) is 0 Å². The van der Waals surface area contributed by atoms with Gasteiger partial charge in [0, 0.05) is 32.0 Å². The molecular formula is C19H21NO3S2. The van der Waals surface area contributed by atoms with Gasteiger partial charge in [0.25, 0.3) is 0 Å². The van der Waals surface area contributed by atoms with E-state index in [4.69, 9.17) is 9.47 Å². The minimum Gasteiger partial charge on any atom is -0.424 e. The zero-order valence-electron chi connectivity index (χ0n) is 14.1. The lowest BCUT2D eigenvalue weighted by Crippen LogP contribution is -2.41. The molecule has 0 amide bonds. The van der Waals surface area contributed by atoms with Gasteiger partial charge in [0.05, 0.1) is 4.58 Å². The monoisotopic (exact) mass is 375 g/mol. The fourth-order valence-electron chi connectivity index (χ4n) is 2.68. The van der Waals surface area contributed by atoms with Gasteiger partial charge >= 0.3 is 5.97 Å². The number of pyridine rings is 1. The molecule has 0 saturated carbocycles. The first-order valence-electron chi connectivity index (χ1n) is 8.19. The number of nitrogens with zero attached hydrogens (tertiary/aromatic N) is 1. The van der Waals surface area contributed by atoms with E-state index in [1.807, 2.05) is 53.9 Å². The van der Waals surface area contributed by atoms with E-state index in [1.165, 1.54) is 24.0 Å². The molecule has 4 nitrogen and oxygen atoms in total. The van der Waals surface area contributed by atoms with Gasteiger partial charge in [0.15, 0.2) is 0 Å². The third-order valence-corrected chi connectivity index (χ3v) is 7.36. The summed E-state index contributed by atoms with van der Waals surface area (Å²) in [5.41, 5.74) is 0.586. The Balaban J connectivity index is 1.58. The molecule has 1 fully saturated rings. The highest BCUT2D eigenvalue weighted by molar-refractivity contribution is 8.17.